The molecule has 1 saturated carbocycles. The minimum absolute atomic E-state index is 0.536. The summed E-state index contributed by atoms with van der Waals surface area (Å²) in [5.74, 6) is 1.79. The molecule has 0 aromatic carbocycles. The summed E-state index contributed by atoms with van der Waals surface area (Å²) in [6, 6.07) is 3.76. The van der Waals surface area contributed by atoms with Crippen LogP contribution in [-0.2, 0) is 12.8 Å². The molecule has 1 aromatic heterocycles. The van der Waals surface area contributed by atoms with Gasteiger partial charge in [0.05, 0.1) is 0 Å². The Balaban J connectivity index is 1.64. The molecule has 4 unspecified atom stereocenters. The van der Waals surface area contributed by atoms with E-state index in [0.29, 0.717) is 6.04 Å². The van der Waals surface area contributed by atoms with Crippen LogP contribution in [-0.4, -0.2) is 6.04 Å². The maximum absolute atomic E-state index is 3.93. The Labute approximate surface area is 128 Å². The summed E-state index contributed by atoms with van der Waals surface area (Å²) >= 11 is 2.07. The first-order chi connectivity index (χ1) is 9.69. The van der Waals surface area contributed by atoms with Crippen LogP contribution < -0.4 is 5.32 Å². The molecular formula is C18H29NS. The highest BCUT2D eigenvalue weighted by Gasteiger charge is 2.32. The van der Waals surface area contributed by atoms with Gasteiger partial charge in [0.25, 0.3) is 0 Å². The number of hydrogen-bond acceptors (Lipinski definition) is 2. The van der Waals surface area contributed by atoms with E-state index >= 15 is 0 Å². The molecule has 0 bridgehead atoms. The first-order valence-electron chi connectivity index (χ1n) is 8.56. The van der Waals surface area contributed by atoms with E-state index in [4.69, 9.17) is 0 Å². The first-order valence-corrected chi connectivity index (χ1v) is 9.38. The summed E-state index contributed by atoms with van der Waals surface area (Å²) < 4.78 is 0. The number of fused-ring (bicyclic) bond motifs is 1. The Bertz CT molecular complexity index is 427. The van der Waals surface area contributed by atoms with Crippen molar-refractivity contribution in [3.05, 3.63) is 21.4 Å². The molecule has 2 aliphatic rings. The van der Waals surface area contributed by atoms with Crippen molar-refractivity contribution in [2.24, 2.45) is 11.8 Å². The molecule has 0 radical (unpaired) electrons. The van der Waals surface area contributed by atoms with Crippen LogP contribution in [0.4, 0.5) is 0 Å². The highest BCUT2D eigenvalue weighted by molar-refractivity contribution is 7.12. The van der Waals surface area contributed by atoms with E-state index in [0.717, 1.165) is 17.9 Å². The standard InChI is InChI=1S/C18H29NS/c1-4-14-9-10-16(12(14)2)19-13(3)18-11-15-7-5-6-8-17(15)20-18/h11-14,16,19H,4-10H2,1-3H3. The maximum atomic E-state index is 3.93. The van der Waals surface area contributed by atoms with Crippen LogP contribution in [0.15, 0.2) is 6.07 Å². The predicted octanol–water partition coefficient (Wildman–Crippen LogP) is 5.10. The minimum atomic E-state index is 0.536. The van der Waals surface area contributed by atoms with Gasteiger partial charge < -0.3 is 5.32 Å². The first kappa shape index (κ1) is 14.6. The largest absolute Gasteiger partial charge is 0.306 e. The zero-order valence-electron chi connectivity index (χ0n) is 13.2. The summed E-state index contributed by atoms with van der Waals surface area (Å²) in [5.41, 5.74) is 1.65. The second kappa shape index (κ2) is 6.19. The fraction of sp³-hybridized carbons (Fsp3) is 0.778. The predicted molar refractivity (Wildman–Crippen MR) is 88.5 cm³/mol. The summed E-state index contributed by atoms with van der Waals surface area (Å²) in [7, 11) is 0. The van der Waals surface area contributed by atoms with E-state index in [1.807, 2.05) is 0 Å². The smallest absolute Gasteiger partial charge is 0.0388 e. The van der Waals surface area contributed by atoms with Gasteiger partial charge in [0.15, 0.2) is 0 Å². The van der Waals surface area contributed by atoms with Crippen LogP contribution in [0.5, 0.6) is 0 Å². The second-order valence-corrected chi connectivity index (χ2v) is 8.07. The van der Waals surface area contributed by atoms with E-state index in [2.05, 4.69) is 43.5 Å². The third-order valence-electron chi connectivity index (χ3n) is 5.66. The van der Waals surface area contributed by atoms with Gasteiger partial charge in [-0.25, -0.2) is 0 Å². The average molecular weight is 292 g/mol. The topological polar surface area (TPSA) is 12.0 Å². The number of thiophene rings is 1. The molecule has 112 valence electrons. The third-order valence-corrected chi connectivity index (χ3v) is 7.08. The van der Waals surface area contributed by atoms with Gasteiger partial charge in [-0.15, -0.1) is 11.3 Å². The van der Waals surface area contributed by atoms with Crippen molar-refractivity contribution in [3.8, 4) is 0 Å². The number of aryl methyl sites for hydroxylation is 2. The molecule has 0 aliphatic heterocycles. The molecule has 1 heterocycles. The van der Waals surface area contributed by atoms with E-state index in [1.165, 1.54) is 44.9 Å². The quantitative estimate of drug-likeness (QED) is 0.813. The lowest BCUT2D eigenvalue weighted by Crippen LogP contribution is -2.34. The van der Waals surface area contributed by atoms with Crippen LogP contribution in [0.25, 0.3) is 0 Å². The lowest BCUT2D eigenvalue weighted by Gasteiger charge is -2.24. The van der Waals surface area contributed by atoms with Gasteiger partial charge in [0, 0.05) is 21.8 Å². The van der Waals surface area contributed by atoms with Crippen molar-refractivity contribution in [2.45, 2.75) is 77.8 Å². The molecular weight excluding hydrogens is 262 g/mol. The Hall–Kier alpha value is -0.340. The molecule has 20 heavy (non-hydrogen) atoms. The van der Waals surface area contributed by atoms with Gasteiger partial charge >= 0.3 is 0 Å². The van der Waals surface area contributed by atoms with E-state index < -0.39 is 0 Å². The van der Waals surface area contributed by atoms with Crippen LogP contribution in [0.3, 0.4) is 0 Å². The van der Waals surface area contributed by atoms with Crippen molar-refractivity contribution in [3.63, 3.8) is 0 Å². The van der Waals surface area contributed by atoms with Crippen LogP contribution in [0.2, 0.25) is 0 Å². The highest BCUT2D eigenvalue weighted by Crippen LogP contribution is 2.37. The second-order valence-electron chi connectivity index (χ2n) is 6.90. The zero-order chi connectivity index (χ0) is 14.1. The van der Waals surface area contributed by atoms with Crippen LogP contribution >= 0.6 is 11.3 Å². The van der Waals surface area contributed by atoms with Gasteiger partial charge in [0.1, 0.15) is 0 Å². The molecule has 1 N–H and O–H groups in total. The molecule has 4 atom stereocenters. The fourth-order valence-corrected chi connectivity index (χ4v) is 5.46. The van der Waals surface area contributed by atoms with Crippen molar-refractivity contribution < 1.29 is 0 Å². The van der Waals surface area contributed by atoms with E-state index in [1.54, 1.807) is 15.3 Å². The summed E-state index contributed by atoms with van der Waals surface area (Å²) in [6.45, 7) is 7.16. The fourth-order valence-electron chi connectivity index (χ4n) is 4.19. The SMILES string of the molecule is CCC1CCC(NC(C)c2cc3c(s2)CCCC3)C1C. The molecule has 2 aliphatic carbocycles. The van der Waals surface area contributed by atoms with E-state index in [-0.39, 0.29) is 0 Å². The van der Waals surface area contributed by atoms with Crippen LogP contribution in [0, 0.1) is 11.8 Å². The molecule has 0 saturated heterocycles. The third kappa shape index (κ3) is 2.82. The van der Waals surface area contributed by atoms with Crippen molar-refractivity contribution >= 4 is 11.3 Å². The minimum Gasteiger partial charge on any atom is -0.306 e. The molecule has 2 heteroatoms. The lowest BCUT2D eigenvalue weighted by molar-refractivity contribution is 0.328. The number of nitrogens with one attached hydrogen (secondary N) is 1. The van der Waals surface area contributed by atoms with Gasteiger partial charge in [-0.3, -0.25) is 0 Å². The Kier molecular flexibility index (Phi) is 4.52. The van der Waals surface area contributed by atoms with Gasteiger partial charge in [-0.2, -0.15) is 0 Å². The summed E-state index contributed by atoms with van der Waals surface area (Å²) in [6.07, 6.45) is 9.56. The molecule has 0 spiro atoms. The highest BCUT2D eigenvalue weighted by atomic mass is 32.1. The van der Waals surface area contributed by atoms with Crippen molar-refractivity contribution in [1.29, 1.82) is 0 Å². The van der Waals surface area contributed by atoms with Crippen molar-refractivity contribution in [2.75, 3.05) is 0 Å². The lowest BCUT2D eigenvalue weighted by atomic mass is 9.93. The molecule has 3 rings (SSSR count). The Morgan fingerprint density at radius 3 is 2.80 bits per heavy atom. The number of rotatable bonds is 4. The normalized spacial score (nSPS) is 31.2. The Morgan fingerprint density at radius 2 is 2.10 bits per heavy atom. The van der Waals surface area contributed by atoms with Gasteiger partial charge in [-0.05, 0) is 68.9 Å². The van der Waals surface area contributed by atoms with Gasteiger partial charge in [-0.1, -0.05) is 20.3 Å². The molecule has 1 fully saturated rings. The van der Waals surface area contributed by atoms with Gasteiger partial charge in [0.2, 0.25) is 0 Å². The number of hydrogen-bond donors (Lipinski definition) is 1. The monoisotopic (exact) mass is 291 g/mol. The Morgan fingerprint density at radius 1 is 1.30 bits per heavy atom. The molecule has 0 amide bonds. The zero-order valence-corrected chi connectivity index (χ0v) is 14.1. The molecule has 1 aromatic rings. The molecule has 1 nitrogen and oxygen atoms in total. The average Bonchev–Trinajstić information content (AvgIpc) is 3.03. The van der Waals surface area contributed by atoms with Crippen LogP contribution in [0.1, 0.15) is 74.2 Å². The van der Waals surface area contributed by atoms with Crippen molar-refractivity contribution in [1.82, 2.24) is 5.32 Å². The summed E-state index contributed by atoms with van der Waals surface area (Å²) in [4.78, 5) is 3.25. The summed E-state index contributed by atoms with van der Waals surface area (Å²) in [5, 5.41) is 3.93. The van der Waals surface area contributed by atoms with E-state index in [9.17, 15) is 0 Å². The maximum Gasteiger partial charge on any atom is 0.0388 e.